The van der Waals surface area contributed by atoms with Crippen molar-refractivity contribution < 1.29 is 14.4 Å². The smallest absolute Gasteiger partial charge is 0.261 e. The van der Waals surface area contributed by atoms with Crippen LogP contribution in [-0.2, 0) is 0 Å². The van der Waals surface area contributed by atoms with Gasteiger partial charge in [0.15, 0.2) is 0 Å². The molecule has 2 aliphatic heterocycles. The summed E-state index contributed by atoms with van der Waals surface area (Å²) in [5, 5.41) is 0. The molecule has 2 aromatic carbocycles. The summed E-state index contributed by atoms with van der Waals surface area (Å²) >= 11 is 0. The van der Waals surface area contributed by atoms with Gasteiger partial charge in [-0.25, -0.2) is 0 Å². The fourth-order valence-corrected chi connectivity index (χ4v) is 3.71. The van der Waals surface area contributed by atoms with Gasteiger partial charge in [-0.1, -0.05) is 42.5 Å². The average Bonchev–Trinajstić information content (AvgIpc) is 2.98. The highest BCUT2D eigenvalue weighted by Gasteiger charge is 2.33. The summed E-state index contributed by atoms with van der Waals surface area (Å²) in [5.74, 6) is -0.766. The topological polar surface area (TPSA) is 60.9 Å². The summed E-state index contributed by atoms with van der Waals surface area (Å²) < 4.78 is 0. The van der Waals surface area contributed by atoms with Crippen LogP contribution in [0.4, 0.5) is 0 Å². The van der Waals surface area contributed by atoms with Crippen LogP contribution in [0, 0.1) is 0 Å². The van der Waals surface area contributed by atoms with Crippen molar-refractivity contribution in [2.45, 2.75) is 0 Å². The van der Waals surface area contributed by atoms with Gasteiger partial charge in [0.2, 0.25) is 0 Å². The van der Waals surface area contributed by atoms with Crippen LogP contribution in [0.3, 0.4) is 0 Å². The summed E-state index contributed by atoms with van der Waals surface area (Å²) in [5.41, 5.74) is 2.31. The van der Waals surface area contributed by atoms with E-state index in [1.165, 1.54) is 12.6 Å². The molecule has 1 fully saturated rings. The largest absolute Gasteiger partial charge is 0.336 e. The zero-order valence-electron chi connectivity index (χ0n) is 16.4. The van der Waals surface area contributed by atoms with Crippen LogP contribution >= 0.6 is 0 Å². The summed E-state index contributed by atoms with van der Waals surface area (Å²) in [4.78, 5) is 42.2. The zero-order valence-corrected chi connectivity index (χ0v) is 16.4. The van der Waals surface area contributed by atoms with E-state index in [0.29, 0.717) is 29.8 Å². The Morgan fingerprint density at radius 1 is 0.931 bits per heavy atom. The summed E-state index contributed by atoms with van der Waals surface area (Å²) in [7, 11) is 1.46. The molecule has 6 heteroatoms. The van der Waals surface area contributed by atoms with Crippen LogP contribution in [0.1, 0.15) is 36.6 Å². The first-order valence-electron chi connectivity index (χ1n) is 9.74. The Morgan fingerprint density at radius 3 is 2.34 bits per heavy atom. The SMILES string of the molecule is CN1C(=O)c2ccc(C(=O)N3CCN(C/C=C/c4ccccc4)CC3)cc2C1=O. The molecule has 0 radical (unpaired) electrons. The highest BCUT2D eigenvalue weighted by molar-refractivity contribution is 6.21. The highest BCUT2D eigenvalue weighted by Crippen LogP contribution is 2.23. The Hall–Kier alpha value is -3.25. The molecule has 29 heavy (non-hydrogen) atoms. The Morgan fingerprint density at radius 2 is 1.62 bits per heavy atom. The highest BCUT2D eigenvalue weighted by atomic mass is 16.2. The molecule has 148 valence electrons. The lowest BCUT2D eigenvalue weighted by molar-refractivity contribution is 0.0649. The second-order valence-corrected chi connectivity index (χ2v) is 7.34. The number of carbonyl (C=O) groups is 3. The predicted molar refractivity (Wildman–Crippen MR) is 111 cm³/mol. The number of piperazine rings is 1. The van der Waals surface area contributed by atoms with Crippen LogP contribution in [0.15, 0.2) is 54.6 Å². The number of amides is 3. The molecule has 6 nitrogen and oxygen atoms in total. The molecule has 0 atom stereocenters. The third kappa shape index (κ3) is 3.84. The van der Waals surface area contributed by atoms with Crippen molar-refractivity contribution in [1.82, 2.24) is 14.7 Å². The van der Waals surface area contributed by atoms with E-state index in [2.05, 4.69) is 29.2 Å². The number of fused-ring (bicyclic) bond motifs is 1. The normalized spacial score (nSPS) is 17.3. The average molecular weight is 389 g/mol. The van der Waals surface area contributed by atoms with Crippen molar-refractivity contribution in [2.75, 3.05) is 39.8 Å². The molecule has 2 heterocycles. The minimum atomic E-state index is -0.352. The predicted octanol–water partition coefficient (Wildman–Crippen LogP) is 2.38. The zero-order chi connectivity index (χ0) is 20.4. The molecule has 0 bridgehead atoms. The maximum absolute atomic E-state index is 12.9. The first kappa shape index (κ1) is 19.1. The molecule has 1 saturated heterocycles. The lowest BCUT2D eigenvalue weighted by Crippen LogP contribution is -2.48. The van der Waals surface area contributed by atoms with Gasteiger partial charge in [-0.3, -0.25) is 24.2 Å². The van der Waals surface area contributed by atoms with Crippen LogP contribution in [-0.4, -0.2) is 72.2 Å². The standard InChI is InChI=1S/C23H23N3O3/c1-24-22(28)19-10-9-18(16-20(19)23(24)29)21(27)26-14-12-25(13-15-26)11-5-8-17-6-3-2-4-7-17/h2-10,16H,11-15H2,1H3/b8-5+. The van der Waals surface area contributed by atoms with E-state index < -0.39 is 0 Å². The van der Waals surface area contributed by atoms with Gasteiger partial charge in [0.1, 0.15) is 0 Å². The Kier molecular flexibility index (Phi) is 5.27. The molecular formula is C23H23N3O3. The minimum Gasteiger partial charge on any atom is -0.336 e. The van der Waals surface area contributed by atoms with Gasteiger partial charge in [-0.2, -0.15) is 0 Å². The first-order chi connectivity index (χ1) is 14.0. The van der Waals surface area contributed by atoms with Gasteiger partial charge in [0, 0.05) is 45.3 Å². The number of imide groups is 1. The number of rotatable bonds is 4. The molecule has 0 saturated carbocycles. The Labute approximate surface area is 170 Å². The van der Waals surface area contributed by atoms with Crippen molar-refractivity contribution in [3.05, 3.63) is 76.9 Å². The molecule has 0 N–H and O–H groups in total. The van der Waals surface area contributed by atoms with E-state index in [9.17, 15) is 14.4 Å². The third-order valence-electron chi connectivity index (χ3n) is 5.47. The van der Waals surface area contributed by atoms with Crippen LogP contribution in [0.2, 0.25) is 0 Å². The molecule has 0 unspecified atom stereocenters. The number of carbonyl (C=O) groups excluding carboxylic acids is 3. The van der Waals surface area contributed by atoms with Crippen molar-refractivity contribution >= 4 is 23.8 Å². The van der Waals surface area contributed by atoms with Crippen LogP contribution < -0.4 is 0 Å². The maximum atomic E-state index is 12.9. The van der Waals surface area contributed by atoms with Gasteiger partial charge in [-0.15, -0.1) is 0 Å². The maximum Gasteiger partial charge on any atom is 0.261 e. The van der Waals surface area contributed by atoms with E-state index in [0.717, 1.165) is 24.5 Å². The van der Waals surface area contributed by atoms with E-state index >= 15 is 0 Å². The molecule has 4 rings (SSSR count). The lowest BCUT2D eigenvalue weighted by atomic mass is 10.0. The van der Waals surface area contributed by atoms with E-state index in [-0.39, 0.29) is 17.7 Å². The van der Waals surface area contributed by atoms with Gasteiger partial charge in [0.25, 0.3) is 17.7 Å². The number of hydrogen-bond acceptors (Lipinski definition) is 4. The van der Waals surface area contributed by atoms with Gasteiger partial charge in [-0.05, 0) is 23.8 Å². The summed E-state index contributed by atoms with van der Waals surface area (Å²) in [6.45, 7) is 3.73. The number of nitrogens with zero attached hydrogens (tertiary/aromatic N) is 3. The van der Waals surface area contributed by atoms with Gasteiger partial charge in [0.05, 0.1) is 11.1 Å². The summed E-state index contributed by atoms with van der Waals surface area (Å²) in [6.07, 6.45) is 4.25. The van der Waals surface area contributed by atoms with Gasteiger partial charge >= 0.3 is 0 Å². The lowest BCUT2D eigenvalue weighted by Gasteiger charge is -2.34. The first-order valence-corrected chi connectivity index (χ1v) is 9.74. The summed E-state index contributed by atoms with van der Waals surface area (Å²) in [6, 6.07) is 14.9. The second-order valence-electron chi connectivity index (χ2n) is 7.34. The van der Waals surface area contributed by atoms with Crippen LogP contribution in [0.5, 0.6) is 0 Å². The fourth-order valence-electron chi connectivity index (χ4n) is 3.71. The monoisotopic (exact) mass is 389 g/mol. The molecule has 0 spiro atoms. The Balaban J connectivity index is 1.34. The molecule has 2 aliphatic rings. The van der Waals surface area contributed by atoms with E-state index in [4.69, 9.17) is 0 Å². The van der Waals surface area contributed by atoms with Crippen LogP contribution in [0.25, 0.3) is 6.08 Å². The Bertz CT molecular complexity index is 976. The number of hydrogen-bond donors (Lipinski definition) is 0. The molecule has 0 aromatic heterocycles. The van der Waals surface area contributed by atoms with E-state index in [1.807, 2.05) is 23.1 Å². The number of benzene rings is 2. The molecule has 2 aromatic rings. The van der Waals surface area contributed by atoms with Crippen molar-refractivity contribution in [2.24, 2.45) is 0 Å². The fraction of sp³-hybridized carbons (Fsp3) is 0.261. The van der Waals surface area contributed by atoms with E-state index in [1.54, 1.807) is 18.2 Å². The third-order valence-corrected chi connectivity index (χ3v) is 5.47. The molecule has 0 aliphatic carbocycles. The van der Waals surface area contributed by atoms with Crippen molar-refractivity contribution in [3.8, 4) is 0 Å². The quantitative estimate of drug-likeness (QED) is 0.754. The molecular weight excluding hydrogens is 366 g/mol. The van der Waals surface area contributed by atoms with Crippen molar-refractivity contribution in [3.63, 3.8) is 0 Å². The molecule has 3 amide bonds. The van der Waals surface area contributed by atoms with Gasteiger partial charge < -0.3 is 4.90 Å². The minimum absolute atomic E-state index is 0.0953. The van der Waals surface area contributed by atoms with Crippen molar-refractivity contribution in [1.29, 1.82) is 0 Å². The second kappa shape index (κ2) is 8.01.